The zero-order valence-electron chi connectivity index (χ0n) is 9.70. The number of rotatable bonds is 2. The van der Waals surface area contributed by atoms with Gasteiger partial charge in [-0.05, 0) is 36.1 Å². The van der Waals surface area contributed by atoms with Gasteiger partial charge in [0, 0.05) is 0 Å². The first-order chi connectivity index (χ1) is 8.75. The number of para-hydroxylation sites is 1. The van der Waals surface area contributed by atoms with Crippen molar-refractivity contribution in [2.75, 3.05) is 0 Å². The molecule has 1 atom stereocenters. The molecule has 1 unspecified atom stereocenters. The van der Waals surface area contributed by atoms with Gasteiger partial charge in [-0.15, -0.1) is 0 Å². The quantitative estimate of drug-likeness (QED) is 0.777. The van der Waals surface area contributed by atoms with Crippen molar-refractivity contribution in [1.82, 2.24) is 0 Å². The van der Waals surface area contributed by atoms with Gasteiger partial charge in [0.1, 0.15) is 6.10 Å². The molecule has 0 aliphatic heterocycles. The van der Waals surface area contributed by atoms with Crippen molar-refractivity contribution in [2.45, 2.75) is 18.9 Å². The molecular weight excluding hydrogens is 234 g/mol. The summed E-state index contributed by atoms with van der Waals surface area (Å²) in [6.45, 7) is 0. The molecule has 3 heteroatoms. The highest BCUT2D eigenvalue weighted by atomic mass is 19.1. The van der Waals surface area contributed by atoms with E-state index >= 15 is 0 Å². The molecule has 3 rings (SSSR count). The molecule has 0 spiro atoms. The maximum absolute atomic E-state index is 13.5. The van der Waals surface area contributed by atoms with E-state index in [0.29, 0.717) is 0 Å². The summed E-state index contributed by atoms with van der Waals surface area (Å²) in [5.41, 5.74) is 2.22. The number of benzene rings is 2. The van der Waals surface area contributed by atoms with Crippen LogP contribution < -0.4 is 4.74 Å². The Morgan fingerprint density at radius 1 is 0.944 bits per heavy atom. The van der Waals surface area contributed by atoms with Crippen molar-refractivity contribution < 1.29 is 13.5 Å². The maximum atomic E-state index is 13.5. The van der Waals surface area contributed by atoms with Crippen LogP contribution in [0.4, 0.5) is 8.78 Å². The zero-order valence-corrected chi connectivity index (χ0v) is 9.70. The predicted molar refractivity (Wildman–Crippen MR) is 64.5 cm³/mol. The van der Waals surface area contributed by atoms with E-state index in [-0.39, 0.29) is 11.9 Å². The fourth-order valence-electron chi connectivity index (χ4n) is 2.38. The van der Waals surface area contributed by atoms with Gasteiger partial charge in [0.25, 0.3) is 0 Å². The van der Waals surface area contributed by atoms with Gasteiger partial charge < -0.3 is 4.74 Å². The SMILES string of the molecule is Fc1cccc(F)c1OC1CCc2ccccc21. The number of aryl methyl sites for hydroxylation is 1. The normalized spacial score (nSPS) is 17.6. The Bertz CT molecular complexity index is 560. The standard InChI is InChI=1S/C15H12F2O/c16-12-6-3-7-13(17)15(12)18-14-9-8-10-4-1-2-5-11(10)14/h1-7,14H,8-9H2. The first kappa shape index (κ1) is 11.2. The summed E-state index contributed by atoms with van der Waals surface area (Å²) >= 11 is 0. The summed E-state index contributed by atoms with van der Waals surface area (Å²) in [6.07, 6.45) is 1.39. The Kier molecular flexibility index (Phi) is 2.74. The van der Waals surface area contributed by atoms with Crippen LogP contribution in [0, 0.1) is 11.6 Å². The van der Waals surface area contributed by atoms with Gasteiger partial charge in [0.15, 0.2) is 17.4 Å². The average Bonchev–Trinajstić information content (AvgIpc) is 2.77. The molecule has 0 saturated carbocycles. The molecule has 2 aromatic carbocycles. The van der Waals surface area contributed by atoms with Gasteiger partial charge in [-0.3, -0.25) is 0 Å². The highest BCUT2D eigenvalue weighted by Gasteiger charge is 2.25. The van der Waals surface area contributed by atoms with Crippen LogP contribution in [0.25, 0.3) is 0 Å². The number of ether oxygens (including phenoxy) is 1. The molecule has 92 valence electrons. The van der Waals surface area contributed by atoms with Crippen LogP contribution in [0.2, 0.25) is 0 Å². The summed E-state index contributed by atoms with van der Waals surface area (Å²) in [6, 6.07) is 11.6. The van der Waals surface area contributed by atoms with E-state index in [1.807, 2.05) is 24.3 Å². The van der Waals surface area contributed by atoms with Crippen LogP contribution in [-0.2, 0) is 6.42 Å². The molecule has 2 aromatic rings. The van der Waals surface area contributed by atoms with Crippen LogP contribution in [0.1, 0.15) is 23.7 Å². The summed E-state index contributed by atoms with van der Waals surface area (Å²) in [5, 5.41) is 0. The van der Waals surface area contributed by atoms with Gasteiger partial charge in [-0.2, -0.15) is 0 Å². The fraction of sp³-hybridized carbons (Fsp3) is 0.200. The second-order valence-corrected chi connectivity index (χ2v) is 4.39. The molecule has 0 radical (unpaired) electrons. The van der Waals surface area contributed by atoms with E-state index < -0.39 is 11.6 Å². The largest absolute Gasteiger partial charge is 0.480 e. The first-order valence-corrected chi connectivity index (χ1v) is 5.94. The van der Waals surface area contributed by atoms with Gasteiger partial charge in [0.2, 0.25) is 0 Å². The third kappa shape index (κ3) is 1.86. The van der Waals surface area contributed by atoms with Crippen molar-refractivity contribution >= 4 is 0 Å². The average molecular weight is 246 g/mol. The maximum Gasteiger partial charge on any atom is 0.191 e. The summed E-state index contributed by atoms with van der Waals surface area (Å²) in [5.74, 6) is -1.59. The van der Waals surface area contributed by atoms with E-state index in [1.54, 1.807) is 0 Å². The lowest BCUT2D eigenvalue weighted by atomic mass is 10.1. The van der Waals surface area contributed by atoms with E-state index in [1.165, 1.54) is 23.8 Å². The highest BCUT2D eigenvalue weighted by Crippen LogP contribution is 2.36. The number of hydrogen-bond donors (Lipinski definition) is 0. The van der Waals surface area contributed by atoms with E-state index in [0.717, 1.165) is 18.4 Å². The van der Waals surface area contributed by atoms with Crippen molar-refractivity contribution in [1.29, 1.82) is 0 Å². The number of fused-ring (bicyclic) bond motifs is 1. The van der Waals surface area contributed by atoms with Crippen LogP contribution in [-0.4, -0.2) is 0 Å². The van der Waals surface area contributed by atoms with E-state index in [4.69, 9.17) is 4.74 Å². The van der Waals surface area contributed by atoms with Gasteiger partial charge in [0.05, 0.1) is 0 Å². The third-order valence-corrected chi connectivity index (χ3v) is 3.26. The lowest BCUT2D eigenvalue weighted by molar-refractivity contribution is 0.188. The van der Waals surface area contributed by atoms with E-state index in [2.05, 4.69) is 0 Å². The van der Waals surface area contributed by atoms with E-state index in [9.17, 15) is 8.78 Å². The Morgan fingerprint density at radius 2 is 1.67 bits per heavy atom. The van der Waals surface area contributed by atoms with Gasteiger partial charge in [-0.1, -0.05) is 30.3 Å². The van der Waals surface area contributed by atoms with Crippen LogP contribution in [0.5, 0.6) is 5.75 Å². The molecule has 1 nitrogen and oxygen atoms in total. The molecule has 0 heterocycles. The lowest BCUT2D eigenvalue weighted by Crippen LogP contribution is -2.06. The minimum absolute atomic E-state index is 0.257. The van der Waals surface area contributed by atoms with Crippen LogP contribution in [0.15, 0.2) is 42.5 Å². The third-order valence-electron chi connectivity index (χ3n) is 3.26. The molecule has 18 heavy (non-hydrogen) atoms. The molecular formula is C15H12F2O. The van der Waals surface area contributed by atoms with Crippen LogP contribution in [0.3, 0.4) is 0 Å². The minimum Gasteiger partial charge on any atom is -0.480 e. The number of halogens is 2. The second kappa shape index (κ2) is 4.41. The van der Waals surface area contributed by atoms with Crippen molar-refractivity contribution in [2.24, 2.45) is 0 Å². The summed E-state index contributed by atoms with van der Waals surface area (Å²) < 4.78 is 32.5. The molecule has 0 aromatic heterocycles. The van der Waals surface area contributed by atoms with Crippen molar-refractivity contribution in [3.8, 4) is 5.75 Å². The Balaban J connectivity index is 1.91. The van der Waals surface area contributed by atoms with Gasteiger partial charge in [-0.25, -0.2) is 8.78 Å². The molecule has 1 aliphatic carbocycles. The lowest BCUT2D eigenvalue weighted by Gasteiger charge is -2.15. The minimum atomic E-state index is -0.653. The monoisotopic (exact) mass is 246 g/mol. The molecule has 0 amide bonds. The summed E-state index contributed by atoms with van der Waals surface area (Å²) in [4.78, 5) is 0. The topological polar surface area (TPSA) is 9.23 Å². The zero-order chi connectivity index (χ0) is 12.5. The van der Waals surface area contributed by atoms with Crippen molar-refractivity contribution in [3.63, 3.8) is 0 Å². The Morgan fingerprint density at radius 3 is 2.44 bits per heavy atom. The molecule has 1 aliphatic rings. The molecule has 0 N–H and O–H groups in total. The molecule has 0 saturated heterocycles. The van der Waals surface area contributed by atoms with Gasteiger partial charge >= 0.3 is 0 Å². The molecule has 0 fully saturated rings. The Labute approximate surface area is 104 Å². The smallest absolute Gasteiger partial charge is 0.191 e. The second-order valence-electron chi connectivity index (χ2n) is 4.39. The first-order valence-electron chi connectivity index (χ1n) is 5.94. The fourth-order valence-corrected chi connectivity index (χ4v) is 2.38. The Hall–Kier alpha value is -1.90. The highest BCUT2D eigenvalue weighted by molar-refractivity contribution is 5.35. The molecule has 0 bridgehead atoms. The van der Waals surface area contributed by atoms with Crippen molar-refractivity contribution in [3.05, 3.63) is 65.2 Å². The number of hydrogen-bond acceptors (Lipinski definition) is 1. The summed E-state index contributed by atoms with van der Waals surface area (Å²) in [7, 11) is 0. The predicted octanol–water partition coefficient (Wildman–Crippen LogP) is 4.03. The van der Waals surface area contributed by atoms with Crippen LogP contribution >= 0.6 is 0 Å².